The maximum absolute atomic E-state index is 13.4. The number of alkyl halides is 1. The van der Waals surface area contributed by atoms with Crippen LogP contribution in [0.5, 0.6) is 0 Å². The van der Waals surface area contributed by atoms with E-state index in [0.717, 1.165) is 0 Å². The van der Waals surface area contributed by atoms with E-state index in [9.17, 15) is 9.59 Å². The van der Waals surface area contributed by atoms with Gasteiger partial charge in [-0.15, -0.1) is 11.6 Å². The van der Waals surface area contributed by atoms with Crippen molar-refractivity contribution in [3.8, 4) is 5.69 Å². The highest BCUT2D eigenvalue weighted by Crippen LogP contribution is 2.26. The van der Waals surface area contributed by atoms with E-state index in [-0.39, 0.29) is 18.0 Å². The van der Waals surface area contributed by atoms with Crippen LogP contribution in [0.15, 0.2) is 35.1 Å². The normalized spacial score (nSPS) is 11.0. The van der Waals surface area contributed by atoms with Gasteiger partial charge >= 0.3 is 5.97 Å². The number of carbonyl (C=O) groups excluding carboxylic acids is 1. The van der Waals surface area contributed by atoms with Crippen molar-refractivity contribution in [2.24, 2.45) is 0 Å². The summed E-state index contributed by atoms with van der Waals surface area (Å²) in [6.07, 6.45) is 0. The molecule has 7 heteroatoms. The minimum atomic E-state index is -0.459. The van der Waals surface area contributed by atoms with Gasteiger partial charge in [0.25, 0.3) is 5.56 Å². The molecule has 0 N–H and O–H groups in total. The summed E-state index contributed by atoms with van der Waals surface area (Å²) in [5, 5.41) is 0.750. The van der Waals surface area contributed by atoms with Crippen LogP contribution in [0, 0.1) is 13.8 Å². The first kappa shape index (κ1) is 19.4. The molecule has 0 amide bonds. The predicted molar refractivity (Wildman–Crippen MR) is 107 cm³/mol. The number of carbonyl (C=O) groups is 1. The molecule has 3 rings (SSSR count). The van der Waals surface area contributed by atoms with Gasteiger partial charge in [-0.1, -0.05) is 23.7 Å². The van der Waals surface area contributed by atoms with Crippen LogP contribution in [0.25, 0.3) is 16.6 Å². The number of aromatic nitrogens is 2. The molecule has 27 heavy (non-hydrogen) atoms. The Bertz CT molecular complexity index is 1110. The van der Waals surface area contributed by atoms with Crippen molar-refractivity contribution in [1.82, 2.24) is 9.55 Å². The lowest BCUT2D eigenvalue weighted by Gasteiger charge is -2.16. The zero-order chi connectivity index (χ0) is 19.7. The summed E-state index contributed by atoms with van der Waals surface area (Å²) in [6.45, 7) is 5.51. The van der Waals surface area contributed by atoms with E-state index in [0.29, 0.717) is 44.1 Å². The molecule has 0 aliphatic rings. The van der Waals surface area contributed by atoms with Crippen molar-refractivity contribution in [1.29, 1.82) is 0 Å². The second-order valence-corrected chi connectivity index (χ2v) is 6.74. The number of hydrogen-bond donors (Lipinski definition) is 0. The molecular weight excluding hydrogens is 387 g/mol. The third-order valence-electron chi connectivity index (χ3n) is 4.37. The predicted octanol–water partition coefficient (Wildman–Crippen LogP) is 4.57. The highest BCUT2D eigenvalue weighted by Gasteiger charge is 2.21. The van der Waals surface area contributed by atoms with Gasteiger partial charge in [-0.05, 0) is 50.1 Å². The van der Waals surface area contributed by atoms with E-state index in [1.165, 1.54) is 4.57 Å². The first-order valence-corrected chi connectivity index (χ1v) is 9.35. The lowest BCUT2D eigenvalue weighted by Crippen LogP contribution is -2.25. The Morgan fingerprint density at radius 3 is 2.59 bits per heavy atom. The molecule has 0 saturated carbocycles. The quantitative estimate of drug-likeness (QED) is 0.471. The fraction of sp³-hybridized carbons (Fsp3) is 0.250. The number of para-hydroxylation sites is 1. The summed E-state index contributed by atoms with van der Waals surface area (Å²) in [4.78, 5) is 30.3. The third-order valence-corrected chi connectivity index (χ3v) is 4.93. The van der Waals surface area contributed by atoms with Gasteiger partial charge in [0.15, 0.2) is 0 Å². The molecule has 3 aromatic rings. The average Bonchev–Trinajstić information content (AvgIpc) is 2.62. The molecular formula is C20H18Cl2N2O3. The van der Waals surface area contributed by atoms with Crippen molar-refractivity contribution in [3.63, 3.8) is 0 Å². The second-order valence-electron chi connectivity index (χ2n) is 6.06. The van der Waals surface area contributed by atoms with Crippen molar-refractivity contribution >= 4 is 40.1 Å². The van der Waals surface area contributed by atoms with Crippen molar-refractivity contribution < 1.29 is 9.53 Å². The van der Waals surface area contributed by atoms with Gasteiger partial charge in [0.1, 0.15) is 5.82 Å². The molecule has 0 saturated heterocycles. The zero-order valence-electron chi connectivity index (χ0n) is 15.2. The van der Waals surface area contributed by atoms with Crippen LogP contribution in [-0.2, 0) is 10.6 Å². The Balaban J connectivity index is 2.43. The summed E-state index contributed by atoms with van der Waals surface area (Å²) in [7, 11) is 0. The Morgan fingerprint density at radius 1 is 1.26 bits per heavy atom. The molecule has 2 aromatic carbocycles. The van der Waals surface area contributed by atoms with Crippen LogP contribution in [0.1, 0.15) is 34.2 Å². The van der Waals surface area contributed by atoms with Crippen LogP contribution in [-0.4, -0.2) is 22.1 Å². The topological polar surface area (TPSA) is 61.2 Å². The SMILES string of the molecule is CCOC(=O)c1c(C)cc2nc(CCl)n(-c3ccccc3Cl)c(=O)c2c1C. The van der Waals surface area contributed by atoms with Crippen LogP contribution in [0.3, 0.4) is 0 Å². The summed E-state index contributed by atoms with van der Waals surface area (Å²) < 4.78 is 6.54. The van der Waals surface area contributed by atoms with Gasteiger partial charge in [-0.3, -0.25) is 9.36 Å². The van der Waals surface area contributed by atoms with Gasteiger partial charge in [0.2, 0.25) is 0 Å². The van der Waals surface area contributed by atoms with Gasteiger partial charge in [-0.25, -0.2) is 9.78 Å². The van der Waals surface area contributed by atoms with Crippen LogP contribution in [0.2, 0.25) is 5.02 Å². The van der Waals surface area contributed by atoms with E-state index in [1.54, 1.807) is 51.1 Å². The Hall–Kier alpha value is -2.37. The molecule has 1 aromatic heterocycles. The Kier molecular flexibility index (Phi) is 5.53. The monoisotopic (exact) mass is 404 g/mol. The molecule has 0 aliphatic heterocycles. The molecule has 0 bridgehead atoms. The number of benzene rings is 2. The molecule has 0 radical (unpaired) electrons. The first-order valence-electron chi connectivity index (χ1n) is 8.44. The Morgan fingerprint density at radius 2 is 1.96 bits per heavy atom. The lowest BCUT2D eigenvalue weighted by molar-refractivity contribution is 0.0525. The molecule has 0 atom stereocenters. The van der Waals surface area contributed by atoms with E-state index in [2.05, 4.69) is 4.98 Å². The number of fused-ring (bicyclic) bond motifs is 1. The van der Waals surface area contributed by atoms with Crippen LogP contribution < -0.4 is 5.56 Å². The number of esters is 1. The standard InChI is InChI=1S/C20H18Cl2N2O3/c1-4-27-20(26)17-11(2)9-14-18(12(17)3)19(25)24(16(10-21)23-14)15-8-6-5-7-13(15)22/h5-9H,4,10H2,1-3H3. The number of halogens is 2. The lowest BCUT2D eigenvalue weighted by atomic mass is 9.98. The van der Waals surface area contributed by atoms with E-state index in [4.69, 9.17) is 27.9 Å². The number of ether oxygens (including phenoxy) is 1. The maximum atomic E-state index is 13.4. The molecule has 5 nitrogen and oxygen atoms in total. The fourth-order valence-electron chi connectivity index (χ4n) is 3.23. The van der Waals surface area contributed by atoms with Gasteiger partial charge < -0.3 is 4.74 Å². The number of hydrogen-bond acceptors (Lipinski definition) is 4. The van der Waals surface area contributed by atoms with E-state index in [1.807, 2.05) is 0 Å². The molecule has 0 fully saturated rings. The minimum absolute atomic E-state index is 0.0358. The van der Waals surface area contributed by atoms with E-state index >= 15 is 0 Å². The minimum Gasteiger partial charge on any atom is -0.462 e. The smallest absolute Gasteiger partial charge is 0.338 e. The first-order chi connectivity index (χ1) is 12.9. The fourth-order valence-corrected chi connectivity index (χ4v) is 3.63. The average molecular weight is 405 g/mol. The van der Waals surface area contributed by atoms with Crippen LogP contribution in [0.4, 0.5) is 0 Å². The van der Waals surface area contributed by atoms with E-state index < -0.39 is 5.97 Å². The summed E-state index contributed by atoms with van der Waals surface area (Å²) in [5.41, 5.74) is 2.26. The molecule has 1 heterocycles. The highest BCUT2D eigenvalue weighted by molar-refractivity contribution is 6.32. The maximum Gasteiger partial charge on any atom is 0.338 e. The summed E-state index contributed by atoms with van der Waals surface area (Å²) in [5.74, 6) is -0.0434. The van der Waals surface area contributed by atoms with Crippen molar-refractivity contribution in [3.05, 3.63) is 68.2 Å². The molecule has 0 spiro atoms. The highest BCUT2D eigenvalue weighted by atomic mass is 35.5. The number of rotatable bonds is 4. The van der Waals surface area contributed by atoms with Crippen molar-refractivity contribution in [2.75, 3.05) is 6.61 Å². The Labute approximate surface area is 166 Å². The number of aryl methyl sites for hydroxylation is 2. The molecule has 140 valence electrons. The number of nitrogens with zero attached hydrogens (tertiary/aromatic N) is 2. The van der Waals surface area contributed by atoms with Gasteiger partial charge in [0, 0.05) is 0 Å². The summed E-state index contributed by atoms with van der Waals surface area (Å²) in [6, 6.07) is 8.69. The third kappa shape index (κ3) is 3.33. The van der Waals surface area contributed by atoms with Crippen LogP contribution >= 0.6 is 23.2 Å². The van der Waals surface area contributed by atoms with Gasteiger partial charge in [-0.2, -0.15) is 0 Å². The molecule has 0 aliphatic carbocycles. The molecule has 0 unspecified atom stereocenters. The van der Waals surface area contributed by atoms with Crippen molar-refractivity contribution in [2.45, 2.75) is 26.7 Å². The largest absolute Gasteiger partial charge is 0.462 e. The van der Waals surface area contributed by atoms with Gasteiger partial charge in [0.05, 0.1) is 39.7 Å². The summed E-state index contributed by atoms with van der Waals surface area (Å²) >= 11 is 12.4. The zero-order valence-corrected chi connectivity index (χ0v) is 16.7. The second kappa shape index (κ2) is 7.71.